The number of anilines is 4. The van der Waals surface area contributed by atoms with Gasteiger partial charge in [0.25, 0.3) is 6.71 Å². The minimum atomic E-state index is -0.127. The van der Waals surface area contributed by atoms with Crippen LogP contribution in [0, 0.1) is 0 Å². The van der Waals surface area contributed by atoms with Crippen molar-refractivity contribution in [1.29, 1.82) is 0 Å². The Bertz CT molecular complexity index is 2310. The molecule has 3 aliphatic rings. The summed E-state index contributed by atoms with van der Waals surface area (Å²) in [4.78, 5) is 5.25. The van der Waals surface area contributed by atoms with Crippen LogP contribution in [0.15, 0.2) is 91.0 Å². The van der Waals surface area contributed by atoms with Crippen molar-refractivity contribution < 1.29 is 0 Å². The Balaban J connectivity index is 1.56. The summed E-state index contributed by atoms with van der Waals surface area (Å²) in [6, 6.07) is 34.3. The zero-order valence-corrected chi connectivity index (χ0v) is 24.1. The van der Waals surface area contributed by atoms with Gasteiger partial charge in [-0.05, 0) is 54.0 Å². The summed E-state index contributed by atoms with van der Waals surface area (Å²) < 4.78 is 2.55. The molecule has 0 atom stereocenters. The maximum absolute atomic E-state index is 2.76. The van der Waals surface area contributed by atoms with E-state index in [9.17, 15) is 0 Å². The van der Waals surface area contributed by atoms with Crippen molar-refractivity contribution >= 4 is 83.9 Å². The second-order valence-electron chi connectivity index (χ2n) is 13.4. The molecule has 0 spiro atoms. The molecule has 0 radical (unpaired) electrons. The molecule has 5 heterocycles. The third-order valence-electron chi connectivity index (χ3n) is 11.3. The molecule has 4 heteroatoms. The first-order valence-corrected chi connectivity index (χ1v) is 14.8. The van der Waals surface area contributed by atoms with Crippen molar-refractivity contribution in [3.8, 4) is 0 Å². The van der Waals surface area contributed by atoms with Crippen LogP contribution in [-0.4, -0.2) is 23.7 Å². The number of fused-ring (bicyclic) bond motifs is 12. The summed E-state index contributed by atoms with van der Waals surface area (Å²) in [6.07, 6.45) is 0. The number of hydrogen-bond acceptors (Lipinski definition) is 2. The Morgan fingerprint density at radius 1 is 0.610 bits per heavy atom. The van der Waals surface area contributed by atoms with Crippen LogP contribution in [-0.2, 0) is 5.41 Å². The summed E-state index contributed by atoms with van der Waals surface area (Å²) in [5, 5.41) is 5.46. The highest BCUT2D eigenvalue weighted by Gasteiger charge is 2.57. The van der Waals surface area contributed by atoms with Gasteiger partial charge >= 0.3 is 0 Å². The molecule has 0 saturated heterocycles. The standard InChI is InChI=1S/C37H30BN3/c1-36(2)23-15-12-17-25-32(23)41(37(36,3)4)35-30-22-14-7-10-19-27(22)40-26-18-9-6-13-21(26)29(33(30)40)34-31(35)38(25)24-16-8-11-20-28(24)39(34)5/h6-20H,1-5H3. The van der Waals surface area contributed by atoms with E-state index < -0.39 is 0 Å². The van der Waals surface area contributed by atoms with Gasteiger partial charge in [-0.3, -0.25) is 0 Å². The maximum Gasteiger partial charge on any atom is 0.252 e. The van der Waals surface area contributed by atoms with E-state index in [1.807, 2.05) is 0 Å². The van der Waals surface area contributed by atoms with Crippen LogP contribution in [0.5, 0.6) is 0 Å². The van der Waals surface area contributed by atoms with Gasteiger partial charge in [-0.2, -0.15) is 0 Å². The van der Waals surface area contributed by atoms with Crippen molar-refractivity contribution in [1.82, 2.24) is 4.40 Å². The number of hydrogen-bond donors (Lipinski definition) is 0. The molecule has 5 aromatic carbocycles. The van der Waals surface area contributed by atoms with Crippen LogP contribution in [0.4, 0.5) is 22.7 Å². The van der Waals surface area contributed by atoms with Gasteiger partial charge in [-0.15, -0.1) is 0 Å². The normalized spacial score (nSPS) is 17.6. The second kappa shape index (κ2) is 6.71. The molecular formula is C37H30BN3. The Morgan fingerprint density at radius 3 is 1.95 bits per heavy atom. The number of para-hydroxylation sites is 4. The molecule has 3 aliphatic heterocycles. The number of benzene rings is 5. The predicted octanol–water partition coefficient (Wildman–Crippen LogP) is 6.96. The number of aromatic nitrogens is 1. The molecule has 0 unspecified atom stereocenters. The van der Waals surface area contributed by atoms with Gasteiger partial charge < -0.3 is 14.2 Å². The second-order valence-corrected chi connectivity index (χ2v) is 13.4. The van der Waals surface area contributed by atoms with Gasteiger partial charge in [0.05, 0.1) is 16.6 Å². The average molecular weight is 527 g/mol. The van der Waals surface area contributed by atoms with E-state index in [2.05, 4.69) is 140 Å². The first-order valence-electron chi connectivity index (χ1n) is 14.8. The van der Waals surface area contributed by atoms with Crippen LogP contribution in [0.25, 0.3) is 38.1 Å². The lowest BCUT2D eigenvalue weighted by molar-refractivity contribution is 0.331. The topological polar surface area (TPSA) is 10.9 Å². The smallest absolute Gasteiger partial charge is 0.252 e. The van der Waals surface area contributed by atoms with E-state index in [4.69, 9.17) is 0 Å². The van der Waals surface area contributed by atoms with E-state index in [0.717, 1.165) is 0 Å². The molecular weight excluding hydrogens is 497 g/mol. The fraction of sp³-hybridized carbons (Fsp3) is 0.189. The van der Waals surface area contributed by atoms with E-state index >= 15 is 0 Å². The summed E-state index contributed by atoms with van der Waals surface area (Å²) in [5.74, 6) is 0. The third kappa shape index (κ3) is 2.18. The summed E-state index contributed by atoms with van der Waals surface area (Å²) >= 11 is 0. The lowest BCUT2D eigenvalue weighted by Crippen LogP contribution is -2.63. The van der Waals surface area contributed by atoms with E-state index in [1.165, 1.54) is 82.8 Å². The predicted molar refractivity (Wildman–Crippen MR) is 176 cm³/mol. The zero-order chi connectivity index (χ0) is 27.6. The lowest BCUT2D eigenvalue weighted by Gasteiger charge is -2.48. The molecule has 7 aromatic rings. The van der Waals surface area contributed by atoms with Gasteiger partial charge in [0, 0.05) is 62.3 Å². The van der Waals surface area contributed by atoms with Crippen molar-refractivity contribution in [2.24, 2.45) is 0 Å². The minimum absolute atomic E-state index is 0.0311. The molecule has 10 rings (SSSR count). The third-order valence-corrected chi connectivity index (χ3v) is 11.3. The summed E-state index contributed by atoms with van der Waals surface area (Å²) in [7, 11) is 2.28. The first-order chi connectivity index (χ1) is 19.8. The molecule has 0 fully saturated rings. The first kappa shape index (κ1) is 22.3. The van der Waals surface area contributed by atoms with E-state index in [0.29, 0.717) is 0 Å². The summed E-state index contributed by atoms with van der Waals surface area (Å²) in [6.45, 7) is 9.98. The van der Waals surface area contributed by atoms with Gasteiger partial charge in [-0.25, -0.2) is 0 Å². The lowest BCUT2D eigenvalue weighted by atomic mass is 9.33. The molecule has 0 N–H and O–H groups in total. The number of nitrogens with zero attached hydrogens (tertiary/aromatic N) is 3. The van der Waals surface area contributed by atoms with Crippen LogP contribution in [0.2, 0.25) is 0 Å². The Hall–Kier alpha value is -4.44. The molecule has 0 saturated carbocycles. The van der Waals surface area contributed by atoms with Gasteiger partial charge in [-0.1, -0.05) is 86.6 Å². The fourth-order valence-corrected chi connectivity index (χ4v) is 8.91. The van der Waals surface area contributed by atoms with Gasteiger partial charge in [0.1, 0.15) is 0 Å². The molecule has 0 aliphatic carbocycles. The van der Waals surface area contributed by atoms with Crippen molar-refractivity contribution in [3.05, 3.63) is 96.6 Å². The highest BCUT2D eigenvalue weighted by Crippen LogP contribution is 2.59. The van der Waals surface area contributed by atoms with Gasteiger partial charge in [0.15, 0.2) is 0 Å². The fourth-order valence-electron chi connectivity index (χ4n) is 8.91. The molecule has 41 heavy (non-hydrogen) atoms. The van der Waals surface area contributed by atoms with Gasteiger partial charge in [0.2, 0.25) is 0 Å². The summed E-state index contributed by atoms with van der Waals surface area (Å²) in [5.41, 5.74) is 15.0. The Morgan fingerprint density at radius 2 is 1.22 bits per heavy atom. The quantitative estimate of drug-likeness (QED) is 0.198. The molecule has 0 bridgehead atoms. The SMILES string of the molecule is CN1c2ccccc2B2c3cccc4c3N(c3c2c1c1c2ccccc2n2c5ccccc5c3c12)C(C)(C)C4(C)C. The van der Waals surface area contributed by atoms with Crippen LogP contribution in [0.1, 0.15) is 33.3 Å². The molecule has 3 nitrogen and oxygen atoms in total. The molecule has 2 aromatic heterocycles. The van der Waals surface area contributed by atoms with Crippen molar-refractivity contribution in [2.75, 3.05) is 16.8 Å². The highest BCUT2D eigenvalue weighted by molar-refractivity contribution is 7.01. The van der Waals surface area contributed by atoms with Crippen LogP contribution < -0.4 is 26.2 Å². The maximum atomic E-state index is 2.76. The zero-order valence-electron chi connectivity index (χ0n) is 24.1. The van der Waals surface area contributed by atoms with E-state index in [-0.39, 0.29) is 17.7 Å². The van der Waals surface area contributed by atoms with Crippen LogP contribution >= 0.6 is 0 Å². The molecule has 196 valence electrons. The molecule has 0 amide bonds. The Kier molecular flexibility index (Phi) is 3.65. The monoisotopic (exact) mass is 527 g/mol. The van der Waals surface area contributed by atoms with Crippen LogP contribution in [0.3, 0.4) is 0 Å². The van der Waals surface area contributed by atoms with E-state index in [1.54, 1.807) is 0 Å². The Labute approximate surface area is 240 Å². The van der Waals surface area contributed by atoms with Crippen molar-refractivity contribution in [2.45, 2.75) is 38.6 Å². The van der Waals surface area contributed by atoms with Crippen molar-refractivity contribution in [3.63, 3.8) is 0 Å². The average Bonchev–Trinajstić information content (AvgIpc) is 3.55. The highest BCUT2D eigenvalue weighted by atomic mass is 15.3. The number of rotatable bonds is 0. The largest absolute Gasteiger partial charge is 0.345 e. The minimum Gasteiger partial charge on any atom is -0.345 e.